The van der Waals surface area contributed by atoms with Crippen molar-refractivity contribution in [2.75, 3.05) is 19.6 Å². The number of hydrogen-bond donors (Lipinski definition) is 0. The van der Waals surface area contributed by atoms with Gasteiger partial charge in [-0.15, -0.1) is 0 Å². The predicted octanol–water partition coefficient (Wildman–Crippen LogP) is 2.61. The number of hydrogen-bond acceptors (Lipinski definition) is 1. The number of rotatable bonds is 4. The van der Waals surface area contributed by atoms with Gasteiger partial charge in [0.15, 0.2) is 0 Å². The minimum absolute atomic E-state index is 0.908. The average molecular weight is 206 g/mol. The molecule has 15 heavy (non-hydrogen) atoms. The molecule has 0 bridgehead atoms. The van der Waals surface area contributed by atoms with Gasteiger partial charge in [-0.25, -0.2) is 0 Å². The number of nitrogens with zero attached hydrogens (tertiary/aromatic N) is 2. The smallest absolute Gasteiger partial charge is 0.0231 e. The van der Waals surface area contributed by atoms with E-state index in [-0.39, 0.29) is 0 Å². The highest BCUT2D eigenvalue weighted by molar-refractivity contribution is 4.90. The molecule has 0 N–H and O–H groups in total. The van der Waals surface area contributed by atoms with Crippen LogP contribution >= 0.6 is 0 Å². The minimum Gasteiger partial charge on any atom is -0.354 e. The molecule has 2 rings (SSSR count). The third-order valence-corrected chi connectivity index (χ3v) is 3.30. The fourth-order valence-corrected chi connectivity index (χ4v) is 2.49. The van der Waals surface area contributed by atoms with Crippen LogP contribution in [0.5, 0.6) is 0 Å². The van der Waals surface area contributed by atoms with E-state index in [1.807, 2.05) is 0 Å². The molecule has 1 aromatic heterocycles. The Morgan fingerprint density at radius 3 is 2.73 bits per heavy atom. The number of likely N-dealkylation sites (tertiary alicyclic amines) is 1. The maximum Gasteiger partial charge on any atom is 0.0231 e. The predicted molar refractivity (Wildman–Crippen MR) is 63.9 cm³/mol. The fourth-order valence-electron chi connectivity index (χ4n) is 2.49. The SMILES string of the molecule is C[C@@H]1CCCN(CCCn2cccc2)C1. The molecule has 0 amide bonds. The molecule has 1 aliphatic heterocycles. The molecule has 1 aliphatic rings. The lowest BCUT2D eigenvalue weighted by atomic mass is 10.0. The molecule has 0 unspecified atom stereocenters. The molecular formula is C13H22N2. The van der Waals surface area contributed by atoms with E-state index in [1.165, 1.54) is 38.9 Å². The molecule has 0 aromatic carbocycles. The number of piperidine rings is 1. The lowest BCUT2D eigenvalue weighted by Crippen LogP contribution is -2.35. The summed E-state index contributed by atoms with van der Waals surface area (Å²) in [5.41, 5.74) is 0. The first-order chi connectivity index (χ1) is 7.34. The monoisotopic (exact) mass is 206 g/mol. The van der Waals surface area contributed by atoms with Crippen molar-refractivity contribution >= 4 is 0 Å². The van der Waals surface area contributed by atoms with Crippen molar-refractivity contribution in [3.05, 3.63) is 24.5 Å². The molecule has 2 nitrogen and oxygen atoms in total. The molecule has 1 atom stereocenters. The highest BCUT2D eigenvalue weighted by Gasteiger charge is 2.15. The first-order valence-electron chi connectivity index (χ1n) is 6.18. The minimum atomic E-state index is 0.908. The van der Waals surface area contributed by atoms with E-state index in [2.05, 4.69) is 40.9 Å². The van der Waals surface area contributed by atoms with Gasteiger partial charge in [0.05, 0.1) is 0 Å². The second-order valence-corrected chi connectivity index (χ2v) is 4.82. The van der Waals surface area contributed by atoms with Gasteiger partial charge in [-0.05, 0) is 50.4 Å². The molecule has 0 spiro atoms. The lowest BCUT2D eigenvalue weighted by molar-refractivity contribution is 0.180. The zero-order valence-electron chi connectivity index (χ0n) is 9.73. The Bertz CT molecular complexity index is 266. The summed E-state index contributed by atoms with van der Waals surface area (Å²) >= 11 is 0. The Balaban J connectivity index is 1.65. The Hall–Kier alpha value is -0.760. The third-order valence-electron chi connectivity index (χ3n) is 3.30. The van der Waals surface area contributed by atoms with Crippen LogP contribution in [-0.4, -0.2) is 29.1 Å². The molecule has 1 aromatic rings. The quantitative estimate of drug-likeness (QED) is 0.735. The number of aryl methyl sites for hydroxylation is 1. The van der Waals surface area contributed by atoms with Gasteiger partial charge in [0, 0.05) is 25.5 Å². The molecule has 0 saturated carbocycles. The molecular weight excluding hydrogens is 184 g/mol. The van der Waals surface area contributed by atoms with Crippen LogP contribution in [0.1, 0.15) is 26.2 Å². The van der Waals surface area contributed by atoms with Crippen molar-refractivity contribution in [3.63, 3.8) is 0 Å². The molecule has 1 saturated heterocycles. The van der Waals surface area contributed by atoms with E-state index in [9.17, 15) is 0 Å². The van der Waals surface area contributed by atoms with Gasteiger partial charge in [-0.3, -0.25) is 0 Å². The summed E-state index contributed by atoms with van der Waals surface area (Å²) in [5.74, 6) is 0.908. The summed E-state index contributed by atoms with van der Waals surface area (Å²) in [7, 11) is 0. The van der Waals surface area contributed by atoms with Crippen LogP contribution in [0, 0.1) is 5.92 Å². The Morgan fingerprint density at radius 2 is 2.00 bits per heavy atom. The molecule has 1 fully saturated rings. The Labute approximate surface area is 92.9 Å². The Kier molecular flexibility index (Phi) is 3.84. The molecule has 0 aliphatic carbocycles. The van der Waals surface area contributed by atoms with Crippen molar-refractivity contribution in [1.29, 1.82) is 0 Å². The van der Waals surface area contributed by atoms with Crippen LogP contribution in [-0.2, 0) is 6.54 Å². The van der Waals surface area contributed by atoms with Crippen LogP contribution in [0.2, 0.25) is 0 Å². The molecule has 0 radical (unpaired) electrons. The van der Waals surface area contributed by atoms with Crippen LogP contribution in [0.4, 0.5) is 0 Å². The maximum absolute atomic E-state index is 2.62. The largest absolute Gasteiger partial charge is 0.354 e. The fraction of sp³-hybridized carbons (Fsp3) is 0.692. The Morgan fingerprint density at radius 1 is 1.20 bits per heavy atom. The van der Waals surface area contributed by atoms with E-state index in [0.29, 0.717) is 0 Å². The second-order valence-electron chi connectivity index (χ2n) is 4.82. The normalized spacial score (nSPS) is 23.1. The summed E-state index contributed by atoms with van der Waals surface area (Å²) in [6.07, 6.45) is 8.40. The zero-order chi connectivity index (χ0) is 10.5. The zero-order valence-corrected chi connectivity index (χ0v) is 9.73. The maximum atomic E-state index is 2.62. The van der Waals surface area contributed by atoms with Crippen molar-refractivity contribution in [2.24, 2.45) is 5.92 Å². The van der Waals surface area contributed by atoms with Gasteiger partial charge in [0.1, 0.15) is 0 Å². The van der Waals surface area contributed by atoms with Crippen LogP contribution in [0.15, 0.2) is 24.5 Å². The standard InChI is InChI=1S/C13H22N2/c1-13-6-4-9-15(12-13)11-5-10-14-7-2-3-8-14/h2-3,7-8,13H,4-6,9-12H2,1H3/t13-/m1/s1. The topological polar surface area (TPSA) is 8.17 Å². The van der Waals surface area contributed by atoms with Gasteiger partial charge in [0.2, 0.25) is 0 Å². The van der Waals surface area contributed by atoms with E-state index in [1.54, 1.807) is 0 Å². The summed E-state index contributed by atoms with van der Waals surface area (Å²) in [5, 5.41) is 0. The van der Waals surface area contributed by atoms with E-state index in [4.69, 9.17) is 0 Å². The molecule has 2 heteroatoms. The van der Waals surface area contributed by atoms with E-state index >= 15 is 0 Å². The van der Waals surface area contributed by atoms with E-state index < -0.39 is 0 Å². The van der Waals surface area contributed by atoms with Crippen molar-refractivity contribution in [3.8, 4) is 0 Å². The van der Waals surface area contributed by atoms with Crippen molar-refractivity contribution in [1.82, 2.24) is 9.47 Å². The first kappa shape index (κ1) is 10.7. The average Bonchev–Trinajstić information content (AvgIpc) is 2.71. The first-order valence-corrected chi connectivity index (χ1v) is 6.18. The highest BCUT2D eigenvalue weighted by atomic mass is 15.1. The van der Waals surface area contributed by atoms with Gasteiger partial charge in [-0.1, -0.05) is 6.92 Å². The molecule has 84 valence electrons. The highest BCUT2D eigenvalue weighted by Crippen LogP contribution is 2.15. The van der Waals surface area contributed by atoms with Crippen LogP contribution < -0.4 is 0 Å². The van der Waals surface area contributed by atoms with Crippen LogP contribution in [0.25, 0.3) is 0 Å². The van der Waals surface area contributed by atoms with Crippen LogP contribution in [0.3, 0.4) is 0 Å². The van der Waals surface area contributed by atoms with Gasteiger partial charge < -0.3 is 9.47 Å². The summed E-state index contributed by atoms with van der Waals surface area (Å²) in [4.78, 5) is 2.62. The third kappa shape index (κ3) is 3.38. The summed E-state index contributed by atoms with van der Waals surface area (Å²) in [6.45, 7) is 7.43. The van der Waals surface area contributed by atoms with Gasteiger partial charge in [-0.2, -0.15) is 0 Å². The molecule has 2 heterocycles. The van der Waals surface area contributed by atoms with Crippen molar-refractivity contribution in [2.45, 2.75) is 32.7 Å². The van der Waals surface area contributed by atoms with Crippen molar-refractivity contribution < 1.29 is 0 Å². The lowest BCUT2D eigenvalue weighted by Gasteiger charge is -2.30. The van der Waals surface area contributed by atoms with Gasteiger partial charge in [0.25, 0.3) is 0 Å². The van der Waals surface area contributed by atoms with Gasteiger partial charge >= 0.3 is 0 Å². The van der Waals surface area contributed by atoms with E-state index in [0.717, 1.165) is 12.5 Å². The second kappa shape index (κ2) is 5.36. The summed E-state index contributed by atoms with van der Waals surface area (Å²) in [6, 6.07) is 4.20. The number of aromatic nitrogens is 1. The summed E-state index contributed by atoms with van der Waals surface area (Å²) < 4.78 is 2.27.